The maximum absolute atomic E-state index is 11.6. The summed E-state index contributed by atoms with van der Waals surface area (Å²) in [5, 5.41) is 0. The third-order valence-electron chi connectivity index (χ3n) is 4.10. The number of rotatable bonds is 5. The van der Waals surface area contributed by atoms with Gasteiger partial charge in [-0.3, -0.25) is 9.69 Å². The second-order valence-corrected chi connectivity index (χ2v) is 6.86. The van der Waals surface area contributed by atoms with Gasteiger partial charge in [0, 0.05) is 6.92 Å². The van der Waals surface area contributed by atoms with Crippen molar-refractivity contribution in [1.29, 1.82) is 0 Å². The molecule has 0 aromatic carbocycles. The van der Waals surface area contributed by atoms with Crippen LogP contribution < -0.4 is 0 Å². The van der Waals surface area contributed by atoms with Gasteiger partial charge in [0.15, 0.2) is 6.10 Å². The van der Waals surface area contributed by atoms with Crippen molar-refractivity contribution in [2.45, 2.75) is 64.9 Å². The van der Waals surface area contributed by atoms with Crippen LogP contribution in [0.3, 0.4) is 0 Å². The molecule has 1 heterocycles. The van der Waals surface area contributed by atoms with Crippen molar-refractivity contribution in [3.63, 3.8) is 0 Å². The fourth-order valence-electron chi connectivity index (χ4n) is 3.26. The van der Waals surface area contributed by atoms with Gasteiger partial charge in [0.2, 0.25) is 0 Å². The van der Waals surface area contributed by atoms with Gasteiger partial charge in [0.25, 0.3) is 0 Å². The summed E-state index contributed by atoms with van der Waals surface area (Å²) in [4.78, 5) is 13.5. The van der Waals surface area contributed by atoms with Gasteiger partial charge in [-0.1, -0.05) is 33.6 Å². The summed E-state index contributed by atoms with van der Waals surface area (Å²) in [5.74, 6) is 3.25. The molecule has 21 heavy (non-hydrogen) atoms. The molecule has 0 unspecified atom stereocenters. The quantitative estimate of drug-likeness (QED) is 0.576. The molecule has 1 fully saturated rings. The molecular formula is C17H29NO3. The molecule has 0 saturated carbocycles. The highest BCUT2D eigenvalue weighted by Crippen LogP contribution is 2.42. The van der Waals surface area contributed by atoms with E-state index < -0.39 is 11.6 Å². The monoisotopic (exact) mass is 295 g/mol. The van der Waals surface area contributed by atoms with Gasteiger partial charge in [0.1, 0.15) is 5.54 Å². The van der Waals surface area contributed by atoms with E-state index in [0.717, 1.165) is 6.42 Å². The Morgan fingerprint density at radius 1 is 1.38 bits per heavy atom. The van der Waals surface area contributed by atoms with Crippen LogP contribution >= 0.6 is 0 Å². The van der Waals surface area contributed by atoms with E-state index in [1.807, 2.05) is 19.0 Å². The zero-order chi connectivity index (χ0) is 16.4. The van der Waals surface area contributed by atoms with Crippen molar-refractivity contribution in [2.75, 3.05) is 14.1 Å². The summed E-state index contributed by atoms with van der Waals surface area (Å²) in [6.07, 6.45) is 5.94. The number of likely N-dealkylation sites (N-methyl/N-ethyl adjacent to an activating group) is 1. The van der Waals surface area contributed by atoms with Gasteiger partial charge >= 0.3 is 5.97 Å². The molecule has 0 radical (unpaired) electrons. The zero-order valence-corrected chi connectivity index (χ0v) is 14.3. The largest absolute Gasteiger partial charge is 0.457 e. The first-order valence-electron chi connectivity index (χ1n) is 7.64. The van der Waals surface area contributed by atoms with Crippen molar-refractivity contribution in [1.82, 2.24) is 4.90 Å². The van der Waals surface area contributed by atoms with Gasteiger partial charge in [-0.05, 0) is 32.4 Å². The number of ether oxygens (including phenoxy) is 2. The summed E-state index contributed by atoms with van der Waals surface area (Å²) in [7, 11) is 3.85. The Balaban J connectivity index is 3.28. The molecule has 0 amide bonds. The number of hydrogen-bond acceptors (Lipinski definition) is 4. The van der Waals surface area contributed by atoms with E-state index in [0.29, 0.717) is 5.92 Å². The minimum absolute atomic E-state index is 0.161. The molecule has 1 aliphatic rings. The third-order valence-corrected chi connectivity index (χ3v) is 4.10. The van der Waals surface area contributed by atoms with E-state index in [1.165, 1.54) is 6.92 Å². The molecule has 0 aromatic rings. The first kappa shape index (κ1) is 18.0. The number of terminal acetylenes is 1. The lowest BCUT2D eigenvalue weighted by atomic mass is 9.80. The van der Waals surface area contributed by atoms with E-state index in [1.54, 1.807) is 0 Å². The van der Waals surface area contributed by atoms with E-state index >= 15 is 0 Å². The summed E-state index contributed by atoms with van der Waals surface area (Å²) in [5.41, 5.74) is -0.723. The first-order chi connectivity index (χ1) is 9.66. The molecule has 0 aromatic heterocycles. The molecule has 0 aliphatic carbocycles. The van der Waals surface area contributed by atoms with Crippen molar-refractivity contribution < 1.29 is 14.3 Å². The van der Waals surface area contributed by atoms with Crippen molar-refractivity contribution >= 4 is 5.97 Å². The van der Waals surface area contributed by atoms with E-state index in [9.17, 15) is 4.79 Å². The van der Waals surface area contributed by atoms with Crippen molar-refractivity contribution in [3.05, 3.63) is 0 Å². The second kappa shape index (κ2) is 6.81. The van der Waals surface area contributed by atoms with Gasteiger partial charge < -0.3 is 9.47 Å². The highest BCUT2D eigenvalue weighted by Gasteiger charge is 2.59. The highest BCUT2D eigenvalue weighted by molar-refractivity contribution is 5.66. The number of hydrogen-bond donors (Lipinski definition) is 0. The molecule has 1 rings (SSSR count). The van der Waals surface area contributed by atoms with Gasteiger partial charge in [0.05, 0.1) is 12.2 Å². The lowest BCUT2D eigenvalue weighted by Gasteiger charge is -2.40. The normalized spacial score (nSPS) is 32.7. The van der Waals surface area contributed by atoms with E-state index in [-0.39, 0.29) is 24.1 Å². The Morgan fingerprint density at radius 2 is 1.95 bits per heavy atom. The molecule has 4 atom stereocenters. The van der Waals surface area contributed by atoms with Crippen LogP contribution in [0.15, 0.2) is 0 Å². The third kappa shape index (κ3) is 3.41. The van der Waals surface area contributed by atoms with Crippen LogP contribution in [0, 0.1) is 24.2 Å². The van der Waals surface area contributed by atoms with Crippen molar-refractivity contribution in [2.24, 2.45) is 11.8 Å². The predicted octanol–water partition coefficient (Wildman–Crippen LogP) is 2.32. The minimum atomic E-state index is -0.723. The number of nitrogens with zero attached hydrogens (tertiary/aromatic N) is 1. The molecular weight excluding hydrogens is 266 g/mol. The van der Waals surface area contributed by atoms with Gasteiger partial charge in [-0.25, -0.2) is 0 Å². The zero-order valence-electron chi connectivity index (χ0n) is 14.3. The van der Waals surface area contributed by atoms with Crippen LogP contribution in [0.5, 0.6) is 0 Å². The van der Waals surface area contributed by atoms with Crippen LogP contribution in [-0.4, -0.2) is 48.8 Å². The Bertz CT molecular complexity index is 411. The van der Waals surface area contributed by atoms with Crippen LogP contribution in [0.25, 0.3) is 0 Å². The molecule has 4 heteroatoms. The molecule has 1 saturated heterocycles. The smallest absolute Gasteiger partial charge is 0.303 e. The summed E-state index contributed by atoms with van der Waals surface area (Å²) < 4.78 is 11.9. The Hall–Kier alpha value is -1.05. The van der Waals surface area contributed by atoms with Crippen LogP contribution in [0.4, 0.5) is 0 Å². The summed E-state index contributed by atoms with van der Waals surface area (Å²) in [6, 6.07) is 0. The Labute approximate surface area is 129 Å². The lowest BCUT2D eigenvalue weighted by Crippen LogP contribution is -2.59. The molecule has 0 N–H and O–H groups in total. The Kier molecular flexibility index (Phi) is 5.83. The molecule has 0 bridgehead atoms. The highest BCUT2D eigenvalue weighted by atomic mass is 16.6. The second-order valence-electron chi connectivity index (χ2n) is 6.86. The average Bonchev–Trinajstić information content (AvgIpc) is 2.63. The first-order valence-corrected chi connectivity index (χ1v) is 7.64. The standard InChI is InChI=1S/C17H29NO3/c1-9-17(18(7)8)15(12(4)5)21-14(10-11(2)3)16(17)20-13(6)19/h1,11-12,14-16H,10H2,2-8H3/t14-,15+,16-,17+/m1/s1. The van der Waals surface area contributed by atoms with Crippen molar-refractivity contribution in [3.8, 4) is 12.3 Å². The fraction of sp³-hybridized carbons (Fsp3) is 0.824. The minimum Gasteiger partial charge on any atom is -0.457 e. The predicted molar refractivity (Wildman–Crippen MR) is 83.8 cm³/mol. The van der Waals surface area contributed by atoms with Gasteiger partial charge in [-0.15, -0.1) is 6.42 Å². The maximum Gasteiger partial charge on any atom is 0.303 e. The lowest BCUT2D eigenvalue weighted by molar-refractivity contribution is -0.153. The molecule has 0 spiro atoms. The number of esters is 1. The summed E-state index contributed by atoms with van der Waals surface area (Å²) in [6.45, 7) is 9.85. The summed E-state index contributed by atoms with van der Waals surface area (Å²) >= 11 is 0. The molecule has 4 nitrogen and oxygen atoms in total. The number of carbonyl (C=O) groups is 1. The molecule has 1 aliphatic heterocycles. The van der Waals surface area contributed by atoms with Gasteiger partial charge in [-0.2, -0.15) is 0 Å². The number of carbonyl (C=O) groups excluding carboxylic acids is 1. The van der Waals surface area contributed by atoms with Crippen LogP contribution in [0.1, 0.15) is 41.0 Å². The van der Waals surface area contributed by atoms with E-state index in [2.05, 4.69) is 33.6 Å². The Morgan fingerprint density at radius 3 is 2.29 bits per heavy atom. The maximum atomic E-state index is 11.6. The van der Waals surface area contributed by atoms with Crippen LogP contribution in [-0.2, 0) is 14.3 Å². The average molecular weight is 295 g/mol. The fourth-order valence-corrected chi connectivity index (χ4v) is 3.26. The van der Waals surface area contributed by atoms with Crippen LogP contribution in [0.2, 0.25) is 0 Å². The molecule has 120 valence electrons. The SMILES string of the molecule is C#C[C@@]1(N(C)C)[C@H](OC(C)=O)[C@@H](CC(C)C)O[C@H]1C(C)C. The topological polar surface area (TPSA) is 38.8 Å². The van der Waals surface area contributed by atoms with E-state index in [4.69, 9.17) is 15.9 Å².